The predicted molar refractivity (Wildman–Crippen MR) is 124 cm³/mol. The van der Waals surface area contributed by atoms with Crippen molar-refractivity contribution in [3.63, 3.8) is 0 Å². The van der Waals surface area contributed by atoms with E-state index in [0.717, 1.165) is 36.8 Å². The lowest BCUT2D eigenvalue weighted by molar-refractivity contribution is 0.0600. The van der Waals surface area contributed by atoms with Gasteiger partial charge in [0.05, 0.1) is 36.0 Å². The van der Waals surface area contributed by atoms with Gasteiger partial charge in [-0.2, -0.15) is 0 Å². The molecule has 0 saturated carbocycles. The minimum atomic E-state index is -0.463. The molecule has 0 saturated heterocycles. The van der Waals surface area contributed by atoms with E-state index in [9.17, 15) is 9.18 Å². The Morgan fingerprint density at radius 1 is 1.09 bits per heavy atom. The number of unbranched alkanes of at least 4 members (excludes halogenated alkanes) is 2. The minimum absolute atomic E-state index is 0.365. The number of fused-ring (bicyclic) bond motifs is 1. The number of nitrogen functional groups attached to an aromatic ring is 1. The van der Waals surface area contributed by atoms with Crippen LogP contribution in [0, 0.1) is 5.82 Å². The van der Waals surface area contributed by atoms with Crippen LogP contribution in [0.25, 0.3) is 22.3 Å². The molecule has 2 aromatic heterocycles. The maximum absolute atomic E-state index is 13.9. The Morgan fingerprint density at radius 3 is 2.79 bits per heavy atom. The molecule has 8 heteroatoms. The van der Waals surface area contributed by atoms with Crippen molar-refractivity contribution in [1.29, 1.82) is 0 Å². The van der Waals surface area contributed by atoms with E-state index in [1.54, 1.807) is 18.2 Å². The van der Waals surface area contributed by atoms with Gasteiger partial charge in [0.2, 0.25) is 5.95 Å². The molecule has 0 bridgehead atoms. The topological polar surface area (TPSA) is 92.3 Å². The fourth-order valence-corrected chi connectivity index (χ4v) is 3.71. The molecule has 0 radical (unpaired) electrons. The van der Waals surface area contributed by atoms with Gasteiger partial charge >= 0.3 is 5.97 Å². The Morgan fingerprint density at radius 2 is 1.94 bits per heavy atom. The molecule has 33 heavy (non-hydrogen) atoms. The number of carbonyl (C=O) groups is 1. The fraction of sp³-hybridized carbons (Fsp3) is 0.240. The molecule has 2 N–H and O–H groups in total. The molecule has 4 aromatic rings. The van der Waals surface area contributed by atoms with Crippen LogP contribution >= 0.6 is 0 Å². The summed E-state index contributed by atoms with van der Waals surface area (Å²) < 4.78 is 26.6. The average Bonchev–Trinajstić information content (AvgIpc) is 3.15. The lowest BCUT2D eigenvalue weighted by atomic mass is 10.1. The first kappa shape index (κ1) is 22.3. The molecule has 7 nitrogen and oxygen atoms in total. The number of aryl methyl sites for hydroxylation is 1. The number of esters is 1. The van der Waals surface area contributed by atoms with Gasteiger partial charge in [0.15, 0.2) is 0 Å². The monoisotopic (exact) mass is 448 g/mol. The number of rotatable bonds is 9. The van der Waals surface area contributed by atoms with Crippen molar-refractivity contribution in [2.45, 2.75) is 25.8 Å². The summed E-state index contributed by atoms with van der Waals surface area (Å²) in [6, 6.07) is 15.3. The van der Waals surface area contributed by atoms with Gasteiger partial charge in [-0.3, -0.25) is 4.98 Å². The summed E-state index contributed by atoms with van der Waals surface area (Å²) in [7, 11) is 1.32. The van der Waals surface area contributed by atoms with Crippen LogP contribution in [0.1, 0.15) is 29.6 Å². The Hall–Kier alpha value is -3.94. The molecule has 0 aliphatic rings. The van der Waals surface area contributed by atoms with Gasteiger partial charge in [-0.1, -0.05) is 12.1 Å². The van der Waals surface area contributed by atoms with E-state index >= 15 is 0 Å². The van der Waals surface area contributed by atoms with Crippen LogP contribution in [-0.4, -0.2) is 34.2 Å². The van der Waals surface area contributed by atoms with Crippen LogP contribution in [0.3, 0.4) is 0 Å². The van der Waals surface area contributed by atoms with Crippen LogP contribution in [0.5, 0.6) is 5.75 Å². The number of hydrogen-bond donors (Lipinski definition) is 1. The molecule has 2 heterocycles. The molecule has 0 atom stereocenters. The second-order valence-electron chi connectivity index (χ2n) is 7.58. The number of imidazole rings is 1. The second-order valence-corrected chi connectivity index (χ2v) is 7.58. The number of anilines is 1. The van der Waals surface area contributed by atoms with Crippen molar-refractivity contribution >= 4 is 23.0 Å². The molecule has 2 aromatic carbocycles. The summed E-state index contributed by atoms with van der Waals surface area (Å²) in [5, 5.41) is 0. The average molecular weight is 448 g/mol. The van der Waals surface area contributed by atoms with Crippen LogP contribution in [0.2, 0.25) is 0 Å². The zero-order chi connectivity index (χ0) is 23.2. The number of carbonyl (C=O) groups excluding carboxylic acids is 1. The smallest absolute Gasteiger partial charge is 0.337 e. The Labute approximate surface area is 191 Å². The summed E-state index contributed by atoms with van der Waals surface area (Å²) >= 11 is 0. The largest absolute Gasteiger partial charge is 0.493 e. The summed E-state index contributed by atoms with van der Waals surface area (Å²) in [6.07, 6.45) is 4.12. The van der Waals surface area contributed by atoms with Gasteiger partial charge < -0.3 is 19.8 Å². The number of aromatic nitrogens is 3. The van der Waals surface area contributed by atoms with Crippen LogP contribution in [-0.2, 0) is 11.3 Å². The van der Waals surface area contributed by atoms with E-state index in [-0.39, 0.29) is 0 Å². The zero-order valence-electron chi connectivity index (χ0n) is 18.3. The molecule has 0 fully saturated rings. The molecule has 4 rings (SSSR count). The number of benzene rings is 2. The van der Waals surface area contributed by atoms with E-state index in [1.807, 2.05) is 28.8 Å². The molecule has 0 spiro atoms. The van der Waals surface area contributed by atoms with Gasteiger partial charge in [-0.15, -0.1) is 0 Å². The maximum Gasteiger partial charge on any atom is 0.337 e. The van der Waals surface area contributed by atoms with E-state index in [2.05, 4.69) is 9.97 Å². The molecule has 0 aliphatic carbocycles. The summed E-state index contributed by atoms with van der Waals surface area (Å²) in [4.78, 5) is 20.5. The van der Waals surface area contributed by atoms with Crippen LogP contribution in [0.15, 0.2) is 60.8 Å². The number of nitrogens with zero attached hydrogens (tertiary/aromatic N) is 3. The third-order valence-electron chi connectivity index (χ3n) is 5.37. The van der Waals surface area contributed by atoms with Crippen molar-refractivity contribution in [2.75, 3.05) is 19.5 Å². The zero-order valence-corrected chi connectivity index (χ0v) is 18.3. The van der Waals surface area contributed by atoms with Crippen molar-refractivity contribution in [3.05, 3.63) is 72.2 Å². The Kier molecular flexibility index (Phi) is 6.83. The number of ether oxygens (including phenoxy) is 2. The lowest BCUT2D eigenvalue weighted by Gasteiger charge is -2.12. The first-order valence-electron chi connectivity index (χ1n) is 10.7. The van der Waals surface area contributed by atoms with Crippen molar-refractivity contribution < 1.29 is 18.7 Å². The maximum atomic E-state index is 13.9. The number of halogens is 1. The van der Waals surface area contributed by atoms with Gasteiger partial charge in [-0.05, 0) is 55.7 Å². The highest BCUT2D eigenvalue weighted by Gasteiger charge is 2.13. The van der Waals surface area contributed by atoms with E-state index < -0.39 is 11.8 Å². The Bertz CT molecular complexity index is 1270. The van der Waals surface area contributed by atoms with Crippen molar-refractivity contribution in [2.24, 2.45) is 0 Å². The van der Waals surface area contributed by atoms with Crippen LogP contribution in [0.4, 0.5) is 10.3 Å². The normalized spacial score (nSPS) is 11.0. The second kappa shape index (κ2) is 10.1. The highest BCUT2D eigenvalue weighted by Crippen LogP contribution is 2.30. The third-order valence-corrected chi connectivity index (χ3v) is 5.37. The molecular formula is C25H25FN4O3. The molecule has 0 amide bonds. The number of pyridine rings is 1. The van der Waals surface area contributed by atoms with E-state index in [4.69, 9.17) is 15.2 Å². The van der Waals surface area contributed by atoms with E-state index in [0.29, 0.717) is 35.1 Å². The SMILES string of the molecule is COC(=O)c1ccnc(-c2ccc(F)cc2OCCCCCn2c(N)nc3ccccc32)c1. The lowest BCUT2D eigenvalue weighted by Crippen LogP contribution is -2.05. The van der Waals surface area contributed by atoms with Gasteiger partial charge in [-0.25, -0.2) is 14.2 Å². The molecule has 170 valence electrons. The molecule has 0 unspecified atom stereocenters. The van der Waals surface area contributed by atoms with E-state index in [1.165, 1.54) is 25.4 Å². The predicted octanol–water partition coefficient (Wildman–Crippen LogP) is 4.86. The Balaban J connectivity index is 1.36. The highest BCUT2D eigenvalue weighted by molar-refractivity contribution is 5.90. The third kappa shape index (κ3) is 5.11. The van der Waals surface area contributed by atoms with Gasteiger partial charge in [0.25, 0.3) is 0 Å². The summed E-state index contributed by atoms with van der Waals surface area (Å²) in [5.41, 5.74) is 9.45. The number of nitrogens with two attached hydrogens (primary N) is 1. The quantitative estimate of drug-likeness (QED) is 0.291. The van der Waals surface area contributed by atoms with Crippen LogP contribution < -0.4 is 10.5 Å². The number of hydrogen-bond acceptors (Lipinski definition) is 6. The first-order chi connectivity index (χ1) is 16.1. The highest BCUT2D eigenvalue weighted by atomic mass is 19.1. The number of para-hydroxylation sites is 2. The molecule has 0 aliphatic heterocycles. The van der Waals surface area contributed by atoms with Gasteiger partial charge in [0, 0.05) is 24.4 Å². The van der Waals surface area contributed by atoms with Crippen molar-refractivity contribution in [3.8, 4) is 17.0 Å². The van der Waals surface area contributed by atoms with Crippen molar-refractivity contribution in [1.82, 2.24) is 14.5 Å². The molecular weight excluding hydrogens is 423 g/mol. The number of methoxy groups -OCH3 is 1. The van der Waals surface area contributed by atoms with Gasteiger partial charge in [0.1, 0.15) is 11.6 Å². The summed E-state index contributed by atoms with van der Waals surface area (Å²) in [6.45, 7) is 1.19. The first-order valence-corrected chi connectivity index (χ1v) is 10.7. The summed E-state index contributed by atoms with van der Waals surface area (Å²) in [5.74, 6) is 0.0303. The minimum Gasteiger partial charge on any atom is -0.493 e. The fourth-order valence-electron chi connectivity index (χ4n) is 3.71. The standard InChI is InChI=1S/C25H25FN4O3/c1-32-24(31)17-11-12-28-21(15-17)19-10-9-18(26)16-23(19)33-14-6-2-5-13-30-22-8-4-3-7-20(22)29-25(30)27/h3-4,7-12,15-16H,2,5-6,13-14H2,1H3,(H2,27,29).